The molecule has 116 valence electrons. The number of hydrogen-bond acceptors (Lipinski definition) is 3. The molecule has 0 radical (unpaired) electrons. The maximum atomic E-state index is 6.56. The van der Waals surface area contributed by atoms with Crippen LogP contribution < -0.4 is 10.2 Å². The van der Waals surface area contributed by atoms with Crippen LogP contribution in [0.4, 0.5) is 5.69 Å². The van der Waals surface area contributed by atoms with Crippen LogP contribution in [0.25, 0.3) is 0 Å². The molecule has 0 bridgehead atoms. The summed E-state index contributed by atoms with van der Waals surface area (Å²) in [5.41, 5.74) is 2.55. The number of benzene rings is 1. The molecule has 1 aromatic carbocycles. The maximum Gasteiger partial charge on any atom is 0.0643 e. The summed E-state index contributed by atoms with van der Waals surface area (Å²) in [6, 6.07) is 7.50. The minimum atomic E-state index is 0.523. The molecule has 2 heterocycles. The predicted octanol–water partition coefficient (Wildman–Crippen LogP) is 3.12. The molecular weight excluding hydrogens is 282 g/mol. The molecule has 2 unspecified atom stereocenters. The lowest BCUT2D eigenvalue weighted by molar-refractivity contribution is 0.115. The molecule has 2 aliphatic heterocycles. The number of fused-ring (bicyclic) bond motifs is 1. The van der Waals surface area contributed by atoms with Gasteiger partial charge in [-0.05, 0) is 45.0 Å². The van der Waals surface area contributed by atoms with Gasteiger partial charge in [0.2, 0.25) is 0 Å². The number of piperidine rings is 1. The molecule has 0 saturated carbocycles. The van der Waals surface area contributed by atoms with E-state index in [0.717, 1.165) is 24.7 Å². The zero-order valence-electron chi connectivity index (χ0n) is 13.1. The van der Waals surface area contributed by atoms with Crippen LogP contribution in [0.2, 0.25) is 5.02 Å². The van der Waals surface area contributed by atoms with Crippen molar-refractivity contribution in [3.05, 3.63) is 28.8 Å². The third-order valence-corrected chi connectivity index (χ3v) is 5.22. The highest BCUT2D eigenvalue weighted by atomic mass is 35.5. The molecule has 0 amide bonds. The van der Waals surface area contributed by atoms with Crippen LogP contribution in [0.15, 0.2) is 18.2 Å². The predicted molar refractivity (Wildman–Crippen MR) is 90.2 cm³/mol. The highest BCUT2D eigenvalue weighted by Crippen LogP contribution is 2.35. The molecule has 2 atom stereocenters. The largest absolute Gasteiger partial charge is 0.365 e. The van der Waals surface area contributed by atoms with Gasteiger partial charge in [0.15, 0.2) is 0 Å². The first-order chi connectivity index (χ1) is 10.2. The van der Waals surface area contributed by atoms with E-state index in [0.29, 0.717) is 12.1 Å². The fraction of sp³-hybridized carbons (Fsp3) is 0.647. The van der Waals surface area contributed by atoms with Crippen molar-refractivity contribution >= 4 is 17.3 Å². The van der Waals surface area contributed by atoms with E-state index in [9.17, 15) is 0 Å². The van der Waals surface area contributed by atoms with Crippen LogP contribution in [0, 0.1) is 0 Å². The van der Waals surface area contributed by atoms with Crippen LogP contribution in [-0.2, 0) is 6.54 Å². The quantitative estimate of drug-likeness (QED) is 0.925. The zero-order chi connectivity index (χ0) is 14.8. The van der Waals surface area contributed by atoms with Crippen molar-refractivity contribution in [1.29, 1.82) is 0 Å². The van der Waals surface area contributed by atoms with Gasteiger partial charge in [-0.3, -0.25) is 4.90 Å². The summed E-state index contributed by atoms with van der Waals surface area (Å²) in [7, 11) is 1.99. The summed E-state index contributed by atoms with van der Waals surface area (Å²) in [4.78, 5) is 5.22. The van der Waals surface area contributed by atoms with E-state index in [1.165, 1.54) is 37.1 Å². The minimum absolute atomic E-state index is 0.523. The molecule has 3 rings (SSSR count). The second-order valence-electron chi connectivity index (χ2n) is 6.42. The monoisotopic (exact) mass is 307 g/mol. The number of nitrogens with zero attached hydrogens (tertiary/aromatic N) is 2. The Morgan fingerprint density at radius 1 is 1.29 bits per heavy atom. The Labute approximate surface area is 133 Å². The first-order valence-electron chi connectivity index (χ1n) is 8.13. The second-order valence-corrected chi connectivity index (χ2v) is 6.83. The summed E-state index contributed by atoms with van der Waals surface area (Å²) >= 11 is 6.56. The number of piperazine rings is 1. The van der Waals surface area contributed by atoms with Crippen molar-refractivity contribution in [3.63, 3.8) is 0 Å². The summed E-state index contributed by atoms with van der Waals surface area (Å²) in [6.45, 7) is 6.75. The third-order valence-electron chi connectivity index (χ3n) is 4.91. The Hall–Kier alpha value is -0.770. The van der Waals surface area contributed by atoms with Gasteiger partial charge in [-0.2, -0.15) is 0 Å². The maximum absolute atomic E-state index is 6.56. The Morgan fingerprint density at radius 3 is 2.95 bits per heavy atom. The number of halogens is 1. The van der Waals surface area contributed by atoms with Crippen molar-refractivity contribution in [1.82, 2.24) is 10.2 Å². The molecule has 3 nitrogen and oxygen atoms in total. The summed E-state index contributed by atoms with van der Waals surface area (Å²) in [5.74, 6) is 0. The van der Waals surface area contributed by atoms with Gasteiger partial charge in [0.05, 0.1) is 10.7 Å². The molecule has 2 fully saturated rings. The van der Waals surface area contributed by atoms with Gasteiger partial charge in [0.25, 0.3) is 0 Å². The molecule has 2 saturated heterocycles. The van der Waals surface area contributed by atoms with E-state index in [1.54, 1.807) is 0 Å². The van der Waals surface area contributed by atoms with Gasteiger partial charge in [0, 0.05) is 31.7 Å². The fourth-order valence-electron chi connectivity index (χ4n) is 3.88. The molecule has 0 aromatic heterocycles. The van der Waals surface area contributed by atoms with Gasteiger partial charge in [0.1, 0.15) is 0 Å². The zero-order valence-corrected chi connectivity index (χ0v) is 13.9. The van der Waals surface area contributed by atoms with Gasteiger partial charge in [-0.15, -0.1) is 0 Å². The Bertz CT molecular complexity index is 491. The molecule has 21 heavy (non-hydrogen) atoms. The summed E-state index contributed by atoms with van der Waals surface area (Å²) < 4.78 is 0. The van der Waals surface area contributed by atoms with E-state index in [1.807, 2.05) is 13.1 Å². The lowest BCUT2D eigenvalue weighted by atomic mass is 9.96. The smallest absolute Gasteiger partial charge is 0.0643 e. The van der Waals surface area contributed by atoms with E-state index in [2.05, 4.69) is 34.2 Å². The Balaban J connectivity index is 1.88. The lowest BCUT2D eigenvalue weighted by Crippen LogP contribution is -2.59. The van der Waals surface area contributed by atoms with Crippen molar-refractivity contribution in [2.24, 2.45) is 0 Å². The van der Waals surface area contributed by atoms with E-state index < -0.39 is 0 Å². The standard InChI is InChI=1S/C17H26ClN3/c1-13-11-20-9-4-3-7-15(20)12-21(13)17-14(10-19-2)6-5-8-16(17)18/h5-6,8,13,15,19H,3-4,7,9-12H2,1-2H3. The molecule has 0 aliphatic carbocycles. The van der Waals surface area contributed by atoms with Gasteiger partial charge in [-0.1, -0.05) is 30.2 Å². The Kier molecular flexibility index (Phi) is 4.72. The first-order valence-corrected chi connectivity index (χ1v) is 8.51. The van der Waals surface area contributed by atoms with Crippen LogP contribution in [-0.4, -0.2) is 43.7 Å². The van der Waals surface area contributed by atoms with E-state index >= 15 is 0 Å². The van der Waals surface area contributed by atoms with E-state index in [4.69, 9.17) is 11.6 Å². The number of nitrogens with one attached hydrogen (secondary N) is 1. The van der Waals surface area contributed by atoms with E-state index in [-0.39, 0.29) is 0 Å². The second kappa shape index (κ2) is 6.55. The summed E-state index contributed by atoms with van der Waals surface area (Å²) in [6.07, 6.45) is 4.06. The van der Waals surface area contributed by atoms with Gasteiger partial charge < -0.3 is 10.2 Å². The third kappa shape index (κ3) is 3.05. The SMILES string of the molecule is CNCc1cccc(Cl)c1N1CC2CCCCN2CC1C. The molecule has 1 aromatic rings. The van der Waals surface area contributed by atoms with Crippen molar-refractivity contribution in [2.45, 2.75) is 44.8 Å². The average molecular weight is 308 g/mol. The fourth-order valence-corrected chi connectivity index (χ4v) is 4.18. The molecule has 0 spiro atoms. The number of anilines is 1. The Morgan fingerprint density at radius 2 is 2.14 bits per heavy atom. The minimum Gasteiger partial charge on any atom is -0.365 e. The first kappa shape index (κ1) is 15.1. The number of para-hydroxylation sites is 1. The van der Waals surface area contributed by atoms with Crippen LogP contribution >= 0.6 is 11.6 Å². The molecule has 4 heteroatoms. The van der Waals surface area contributed by atoms with Crippen molar-refractivity contribution < 1.29 is 0 Å². The van der Waals surface area contributed by atoms with Gasteiger partial charge in [-0.25, -0.2) is 0 Å². The number of hydrogen-bond donors (Lipinski definition) is 1. The summed E-state index contributed by atoms with van der Waals surface area (Å²) in [5, 5.41) is 4.15. The van der Waals surface area contributed by atoms with Gasteiger partial charge >= 0.3 is 0 Å². The normalized spacial score (nSPS) is 26.7. The number of rotatable bonds is 3. The van der Waals surface area contributed by atoms with Crippen molar-refractivity contribution in [3.8, 4) is 0 Å². The molecule has 1 N–H and O–H groups in total. The average Bonchev–Trinajstić information content (AvgIpc) is 2.48. The lowest BCUT2D eigenvalue weighted by Gasteiger charge is -2.49. The molecular formula is C17H26ClN3. The molecule has 2 aliphatic rings. The van der Waals surface area contributed by atoms with Crippen LogP contribution in [0.3, 0.4) is 0 Å². The highest BCUT2D eigenvalue weighted by molar-refractivity contribution is 6.33. The van der Waals surface area contributed by atoms with Crippen LogP contribution in [0.1, 0.15) is 31.7 Å². The van der Waals surface area contributed by atoms with Crippen LogP contribution in [0.5, 0.6) is 0 Å². The van der Waals surface area contributed by atoms with Crippen molar-refractivity contribution in [2.75, 3.05) is 31.6 Å². The topological polar surface area (TPSA) is 18.5 Å². The highest BCUT2D eigenvalue weighted by Gasteiger charge is 2.34.